The van der Waals surface area contributed by atoms with Gasteiger partial charge in [0.2, 0.25) is 11.8 Å². The summed E-state index contributed by atoms with van der Waals surface area (Å²) >= 11 is 3.50. The molecule has 0 saturated heterocycles. The maximum absolute atomic E-state index is 5.72. The standard InChI is InChI=1S/C15H18BrN3O/c1-10(11-5-4-6-11)17-9-14-18-19-15(20-14)12-7-2-3-8-13(12)16/h2-3,7-8,10-11,17H,4-6,9H2,1H3. The Balaban J connectivity index is 1.63. The van der Waals surface area contributed by atoms with E-state index in [1.165, 1.54) is 19.3 Å². The van der Waals surface area contributed by atoms with E-state index in [4.69, 9.17) is 4.42 Å². The molecular formula is C15H18BrN3O. The maximum Gasteiger partial charge on any atom is 0.248 e. The summed E-state index contributed by atoms with van der Waals surface area (Å²) in [7, 11) is 0. The van der Waals surface area contributed by atoms with Crippen LogP contribution in [-0.2, 0) is 6.54 Å². The van der Waals surface area contributed by atoms with Crippen molar-refractivity contribution >= 4 is 15.9 Å². The lowest BCUT2D eigenvalue weighted by molar-refractivity contribution is 0.235. The zero-order valence-corrected chi connectivity index (χ0v) is 13.1. The fraction of sp³-hybridized carbons (Fsp3) is 0.467. The van der Waals surface area contributed by atoms with Crippen molar-refractivity contribution < 1.29 is 4.42 Å². The second-order valence-corrected chi connectivity index (χ2v) is 6.20. The number of hydrogen-bond donors (Lipinski definition) is 1. The van der Waals surface area contributed by atoms with Crippen molar-refractivity contribution in [1.29, 1.82) is 0 Å². The monoisotopic (exact) mass is 335 g/mol. The molecule has 0 aliphatic heterocycles. The summed E-state index contributed by atoms with van der Waals surface area (Å²) in [5.74, 6) is 2.01. The fourth-order valence-electron chi connectivity index (χ4n) is 2.42. The Kier molecular flexibility index (Phi) is 4.17. The van der Waals surface area contributed by atoms with E-state index < -0.39 is 0 Å². The molecule has 20 heavy (non-hydrogen) atoms. The van der Waals surface area contributed by atoms with E-state index in [1.54, 1.807) is 0 Å². The molecule has 1 heterocycles. The van der Waals surface area contributed by atoms with Crippen LogP contribution < -0.4 is 5.32 Å². The predicted molar refractivity (Wildman–Crippen MR) is 81.1 cm³/mol. The second-order valence-electron chi connectivity index (χ2n) is 5.34. The van der Waals surface area contributed by atoms with Crippen molar-refractivity contribution in [3.8, 4) is 11.5 Å². The Morgan fingerprint density at radius 2 is 2.15 bits per heavy atom. The summed E-state index contributed by atoms with van der Waals surface area (Å²) in [5.41, 5.74) is 0.929. The Morgan fingerprint density at radius 1 is 1.35 bits per heavy atom. The van der Waals surface area contributed by atoms with Gasteiger partial charge in [-0.2, -0.15) is 0 Å². The number of hydrogen-bond acceptors (Lipinski definition) is 4. The molecule has 0 radical (unpaired) electrons. The molecule has 0 amide bonds. The van der Waals surface area contributed by atoms with E-state index in [-0.39, 0.29) is 0 Å². The molecule has 5 heteroatoms. The van der Waals surface area contributed by atoms with Crippen LogP contribution in [0.3, 0.4) is 0 Å². The summed E-state index contributed by atoms with van der Waals surface area (Å²) in [6, 6.07) is 8.37. The molecule has 1 aromatic carbocycles. The SMILES string of the molecule is CC(NCc1nnc(-c2ccccc2Br)o1)C1CCC1. The fourth-order valence-corrected chi connectivity index (χ4v) is 2.88. The molecule has 1 unspecified atom stereocenters. The highest BCUT2D eigenvalue weighted by Gasteiger charge is 2.23. The first kappa shape index (κ1) is 13.8. The van der Waals surface area contributed by atoms with E-state index in [1.807, 2.05) is 24.3 Å². The third-order valence-electron chi connectivity index (χ3n) is 4.00. The van der Waals surface area contributed by atoms with Gasteiger partial charge in [0.05, 0.1) is 12.1 Å². The van der Waals surface area contributed by atoms with Crippen LogP contribution in [0, 0.1) is 5.92 Å². The predicted octanol–water partition coefficient (Wildman–Crippen LogP) is 3.78. The molecule has 2 aromatic rings. The van der Waals surface area contributed by atoms with Gasteiger partial charge < -0.3 is 9.73 Å². The van der Waals surface area contributed by atoms with Gasteiger partial charge in [-0.05, 0) is 53.7 Å². The Bertz CT molecular complexity index is 580. The smallest absolute Gasteiger partial charge is 0.248 e. The van der Waals surface area contributed by atoms with Crippen LogP contribution >= 0.6 is 15.9 Å². The lowest BCUT2D eigenvalue weighted by Gasteiger charge is -2.31. The van der Waals surface area contributed by atoms with Crippen LogP contribution in [0.15, 0.2) is 33.2 Å². The maximum atomic E-state index is 5.72. The van der Waals surface area contributed by atoms with Crippen LogP contribution in [0.4, 0.5) is 0 Å². The number of benzene rings is 1. The number of halogens is 1. The second kappa shape index (κ2) is 6.06. The van der Waals surface area contributed by atoms with Gasteiger partial charge in [-0.25, -0.2) is 0 Å². The third-order valence-corrected chi connectivity index (χ3v) is 4.69. The summed E-state index contributed by atoms with van der Waals surface area (Å²) < 4.78 is 6.68. The average molecular weight is 336 g/mol. The van der Waals surface area contributed by atoms with Gasteiger partial charge in [0.25, 0.3) is 0 Å². The minimum atomic E-state index is 0.516. The highest BCUT2D eigenvalue weighted by molar-refractivity contribution is 9.10. The van der Waals surface area contributed by atoms with Gasteiger partial charge >= 0.3 is 0 Å². The third kappa shape index (κ3) is 2.94. The van der Waals surface area contributed by atoms with E-state index in [0.717, 1.165) is 16.0 Å². The number of rotatable bonds is 5. The van der Waals surface area contributed by atoms with Crippen molar-refractivity contribution in [1.82, 2.24) is 15.5 Å². The normalized spacial score (nSPS) is 16.9. The van der Waals surface area contributed by atoms with Crippen LogP contribution in [0.25, 0.3) is 11.5 Å². The molecule has 1 atom stereocenters. The molecule has 1 N–H and O–H groups in total. The average Bonchev–Trinajstić information content (AvgIpc) is 2.83. The van der Waals surface area contributed by atoms with Gasteiger partial charge in [0.15, 0.2) is 0 Å². The van der Waals surface area contributed by atoms with Crippen LogP contribution in [0.1, 0.15) is 32.1 Å². The molecule has 1 aromatic heterocycles. The minimum absolute atomic E-state index is 0.516. The molecule has 1 saturated carbocycles. The van der Waals surface area contributed by atoms with Gasteiger partial charge in [-0.1, -0.05) is 18.6 Å². The first-order valence-corrected chi connectivity index (χ1v) is 7.84. The molecule has 106 valence electrons. The molecule has 4 nitrogen and oxygen atoms in total. The Labute approximate surface area is 127 Å². The summed E-state index contributed by atoms with van der Waals surface area (Å²) in [6.07, 6.45) is 4.03. The molecule has 0 spiro atoms. The van der Waals surface area contributed by atoms with Gasteiger partial charge in [-0.15, -0.1) is 10.2 Å². The van der Waals surface area contributed by atoms with Crippen molar-refractivity contribution in [2.75, 3.05) is 0 Å². The number of nitrogens with zero attached hydrogens (tertiary/aromatic N) is 2. The summed E-state index contributed by atoms with van der Waals surface area (Å²) in [6.45, 7) is 2.87. The number of aromatic nitrogens is 2. The number of nitrogens with one attached hydrogen (secondary N) is 1. The van der Waals surface area contributed by atoms with Crippen LogP contribution in [-0.4, -0.2) is 16.2 Å². The van der Waals surface area contributed by atoms with Crippen molar-refractivity contribution in [2.24, 2.45) is 5.92 Å². The quantitative estimate of drug-likeness (QED) is 0.903. The molecular weight excluding hydrogens is 318 g/mol. The van der Waals surface area contributed by atoms with E-state index >= 15 is 0 Å². The van der Waals surface area contributed by atoms with Crippen molar-refractivity contribution in [3.63, 3.8) is 0 Å². The van der Waals surface area contributed by atoms with E-state index in [2.05, 4.69) is 38.4 Å². The molecule has 1 aliphatic rings. The summed E-state index contributed by atoms with van der Waals surface area (Å²) in [4.78, 5) is 0. The molecule has 1 fully saturated rings. The first-order valence-electron chi connectivity index (χ1n) is 7.04. The minimum Gasteiger partial charge on any atom is -0.419 e. The lowest BCUT2D eigenvalue weighted by Crippen LogP contribution is -2.36. The zero-order valence-electron chi connectivity index (χ0n) is 11.5. The Hall–Kier alpha value is -1.20. The largest absolute Gasteiger partial charge is 0.419 e. The van der Waals surface area contributed by atoms with Crippen molar-refractivity contribution in [2.45, 2.75) is 38.8 Å². The van der Waals surface area contributed by atoms with E-state index in [0.29, 0.717) is 24.4 Å². The Morgan fingerprint density at radius 3 is 2.85 bits per heavy atom. The summed E-state index contributed by atoms with van der Waals surface area (Å²) in [5, 5.41) is 11.7. The van der Waals surface area contributed by atoms with Gasteiger partial charge in [0.1, 0.15) is 0 Å². The highest BCUT2D eigenvalue weighted by Crippen LogP contribution is 2.30. The topological polar surface area (TPSA) is 51.0 Å². The highest BCUT2D eigenvalue weighted by atomic mass is 79.9. The first-order chi connectivity index (χ1) is 9.74. The van der Waals surface area contributed by atoms with Crippen molar-refractivity contribution in [3.05, 3.63) is 34.6 Å². The van der Waals surface area contributed by atoms with Gasteiger partial charge in [0, 0.05) is 10.5 Å². The zero-order chi connectivity index (χ0) is 13.9. The molecule has 1 aliphatic carbocycles. The van der Waals surface area contributed by atoms with E-state index in [9.17, 15) is 0 Å². The lowest BCUT2D eigenvalue weighted by atomic mass is 9.80. The van der Waals surface area contributed by atoms with Crippen LogP contribution in [0.2, 0.25) is 0 Å². The van der Waals surface area contributed by atoms with Crippen LogP contribution in [0.5, 0.6) is 0 Å². The molecule has 3 rings (SSSR count). The van der Waals surface area contributed by atoms with Gasteiger partial charge in [-0.3, -0.25) is 0 Å². The molecule has 0 bridgehead atoms.